The van der Waals surface area contributed by atoms with E-state index in [0.29, 0.717) is 30.6 Å². The van der Waals surface area contributed by atoms with Gasteiger partial charge in [-0.15, -0.1) is 0 Å². The lowest BCUT2D eigenvalue weighted by molar-refractivity contribution is 0.0977. The first kappa shape index (κ1) is 22.0. The lowest BCUT2D eigenvalue weighted by Gasteiger charge is -2.13. The second-order valence-corrected chi connectivity index (χ2v) is 7.30. The molecule has 0 saturated heterocycles. The topological polar surface area (TPSA) is 75.6 Å². The van der Waals surface area contributed by atoms with Gasteiger partial charge in [0.2, 0.25) is 5.96 Å². The minimum Gasteiger partial charge on any atom is -0.494 e. The van der Waals surface area contributed by atoms with Gasteiger partial charge in [-0.3, -0.25) is 15.1 Å². The molecule has 1 aromatic heterocycles. The molecule has 0 spiro atoms. The van der Waals surface area contributed by atoms with Gasteiger partial charge in [-0.2, -0.15) is 0 Å². The molecule has 160 valence electrons. The minimum atomic E-state index is -0.255. The molecular formula is C25H28N4O2. The number of guanidine groups is 1. The number of amides is 1. The highest BCUT2D eigenvalue weighted by Gasteiger charge is 2.10. The molecule has 0 atom stereocenters. The summed E-state index contributed by atoms with van der Waals surface area (Å²) in [4.78, 5) is 21.6. The van der Waals surface area contributed by atoms with Gasteiger partial charge in [-0.1, -0.05) is 32.0 Å². The largest absolute Gasteiger partial charge is 0.494 e. The fraction of sp³-hybridized carbons (Fsp3) is 0.240. The zero-order chi connectivity index (χ0) is 22.1. The van der Waals surface area contributed by atoms with Crippen molar-refractivity contribution in [3.8, 4) is 5.75 Å². The maximum absolute atomic E-state index is 12.8. The van der Waals surface area contributed by atoms with Crippen molar-refractivity contribution in [1.82, 2.24) is 10.3 Å². The molecule has 0 radical (unpaired) electrons. The van der Waals surface area contributed by atoms with E-state index < -0.39 is 0 Å². The summed E-state index contributed by atoms with van der Waals surface area (Å²) < 4.78 is 5.44. The highest BCUT2D eigenvalue weighted by atomic mass is 16.5. The van der Waals surface area contributed by atoms with Crippen LogP contribution < -0.4 is 15.4 Å². The average Bonchev–Trinajstić information content (AvgIpc) is 2.79. The van der Waals surface area contributed by atoms with Crippen LogP contribution in [0, 0.1) is 0 Å². The number of hydrogen-bond donors (Lipinski definition) is 2. The maximum atomic E-state index is 12.8. The number of rotatable bonds is 7. The number of pyridine rings is 1. The number of ether oxygens (including phenoxy) is 1. The molecule has 6 heteroatoms. The number of anilines is 1. The van der Waals surface area contributed by atoms with Crippen LogP contribution in [0.4, 0.5) is 5.69 Å². The fourth-order valence-electron chi connectivity index (χ4n) is 2.90. The van der Waals surface area contributed by atoms with E-state index in [0.717, 1.165) is 17.1 Å². The molecule has 6 nitrogen and oxygen atoms in total. The Balaban J connectivity index is 1.76. The van der Waals surface area contributed by atoms with Crippen molar-refractivity contribution < 1.29 is 9.53 Å². The Morgan fingerprint density at radius 3 is 2.39 bits per heavy atom. The SMILES string of the molecule is CCOc1ccc(C(=O)NC(=NCc2ccccn2)Nc2ccc(C(C)C)cc2)cc1. The van der Waals surface area contributed by atoms with Crippen molar-refractivity contribution in [2.45, 2.75) is 33.2 Å². The zero-order valence-corrected chi connectivity index (χ0v) is 18.1. The summed E-state index contributed by atoms with van der Waals surface area (Å²) in [6, 6.07) is 20.8. The number of hydrogen-bond acceptors (Lipinski definition) is 4. The van der Waals surface area contributed by atoms with Gasteiger partial charge in [0.15, 0.2) is 0 Å². The summed E-state index contributed by atoms with van der Waals surface area (Å²) in [7, 11) is 0. The highest BCUT2D eigenvalue weighted by Crippen LogP contribution is 2.17. The van der Waals surface area contributed by atoms with Gasteiger partial charge in [-0.05, 0) is 66.9 Å². The van der Waals surface area contributed by atoms with Crippen LogP contribution >= 0.6 is 0 Å². The Morgan fingerprint density at radius 1 is 1.03 bits per heavy atom. The Kier molecular flexibility index (Phi) is 7.76. The van der Waals surface area contributed by atoms with Gasteiger partial charge in [0.1, 0.15) is 5.75 Å². The monoisotopic (exact) mass is 416 g/mol. The molecule has 31 heavy (non-hydrogen) atoms. The Bertz CT molecular complexity index is 998. The Labute approximate surface area is 183 Å². The average molecular weight is 417 g/mol. The minimum absolute atomic E-state index is 0.255. The maximum Gasteiger partial charge on any atom is 0.257 e. The van der Waals surface area contributed by atoms with E-state index in [1.807, 2.05) is 37.3 Å². The Morgan fingerprint density at radius 2 is 1.77 bits per heavy atom. The zero-order valence-electron chi connectivity index (χ0n) is 18.1. The molecule has 2 N–H and O–H groups in total. The first-order chi connectivity index (χ1) is 15.0. The van der Waals surface area contributed by atoms with E-state index in [1.54, 1.807) is 30.5 Å². The fourth-order valence-corrected chi connectivity index (χ4v) is 2.90. The summed E-state index contributed by atoms with van der Waals surface area (Å²) in [5.74, 6) is 1.29. The van der Waals surface area contributed by atoms with Crippen molar-refractivity contribution in [1.29, 1.82) is 0 Å². The van der Waals surface area contributed by atoms with E-state index in [2.05, 4.69) is 46.6 Å². The molecule has 0 bridgehead atoms. The quantitative estimate of drug-likeness (QED) is 0.420. The number of aliphatic imine (C=N–C) groups is 1. The lowest BCUT2D eigenvalue weighted by Crippen LogP contribution is -2.36. The standard InChI is InChI=1S/C25H28N4O2/c1-4-31-23-14-10-20(11-15-23)24(30)29-25(27-17-22-7-5-6-16-26-22)28-21-12-8-19(9-13-21)18(2)3/h5-16,18H,4,17H2,1-3H3,(H2,27,28,29,30). The first-order valence-corrected chi connectivity index (χ1v) is 10.4. The number of carbonyl (C=O) groups is 1. The molecule has 1 heterocycles. The van der Waals surface area contributed by atoms with Crippen molar-refractivity contribution >= 4 is 17.6 Å². The van der Waals surface area contributed by atoms with Crippen LogP contribution in [-0.2, 0) is 6.54 Å². The van der Waals surface area contributed by atoms with Gasteiger partial charge >= 0.3 is 0 Å². The third-order valence-electron chi connectivity index (χ3n) is 4.62. The first-order valence-electron chi connectivity index (χ1n) is 10.4. The summed E-state index contributed by atoms with van der Waals surface area (Å²) in [6.45, 7) is 7.15. The third-order valence-corrected chi connectivity index (χ3v) is 4.62. The summed E-state index contributed by atoms with van der Waals surface area (Å²) in [5, 5.41) is 6.09. The molecule has 0 aliphatic heterocycles. The van der Waals surface area contributed by atoms with Gasteiger partial charge in [-0.25, -0.2) is 4.99 Å². The van der Waals surface area contributed by atoms with E-state index in [4.69, 9.17) is 4.74 Å². The number of benzene rings is 2. The molecule has 0 aliphatic carbocycles. The van der Waals surface area contributed by atoms with Gasteiger partial charge in [0.05, 0.1) is 18.8 Å². The molecule has 0 saturated carbocycles. The summed E-state index contributed by atoms with van der Waals surface area (Å²) >= 11 is 0. The van der Waals surface area contributed by atoms with Crippen LogP contribution in [0.5, 0.6) is 5.75 Å². The van der Waals surface area contributed by atoms with E-state index in [9.17, 15) is 4.79 Å². The normalized spacial score (nSPS) is 11.3. The van der Waals surface area contributed by atoms with Crippen LogP contribution in [0.3, 0.4) is 0 Å². The van der Waals surface area contributed by atoms with Crippen LogP contribution in [0.25, 0.3) is 0 Å². The Hall–Kier alpha value is -3.67. The molecule has 3 aromatic rings. The smallest absolute Gasteiger partial charge is 0.257 e. The number of carbonyl (C=O) groups excluding carboxylic acids is 1. The molecule has 0 unspecified atom stereocenters. The molecule has 0 aliphatic rings. The van der Waals surface area contributed by atoms with Crippen LogP contribution in [0.2, 0.25) is 0 Å². The number of nitrogens with zero attached hydrogens (tertiary/aromatic N) is 2. The van der Waals surface area contributed by atoms with E-state index in [-0.39, 0.29) is 5.91 Å². The predicted molar refractivity (Wildman–Crippen MR) is 125 cm³/mol. The lowest BCUT2D eigenvalue weighted by atomic mass is 10.0. The third kappa shape index (κ3) is 6.67. The van der Waals surface area contributed by atoms with Crippen molar-refractivity contribution in [2.24, 2.45) is 4.99 Å². The molecule has 0 fully saturated rings. The van der Waals surface area contributed by atoms with Crippen molar-refractivity contribution in [3.63, 3.8) is 0 Å². The van der Waals surface area contributed by atoms with Gasteiger partial charge in [0.25, 0.3) is 5.91 Å². The van der Waals surface area contributed by atoms with Crippen LogP contribution in [0.1, 0.15) is 48.3 Å². The highest BCUT2D eigenvalue weighted by molar-refractivity contribution is 6.10. The predicted octanol–water partition coefficient (Wildman–Crippen LogP) is 5.00. The van der Waals surface area contributed by atoms with E-state index >= 15 is 0 Å². The molecular weight excluding hydrogens is 388 g/mol. The van der Waals surface area contributed by atoms with E-state index in [1.165, 1.54) is 5.56 Å². The van der Waals surface area contributed by atoms with Gasteiger partial charge < -0.3 is 10.1 Å². The van der Waals surface area contributed by atoms with Crippen molar-refractivity contribution in [2.75, 3.05) is 11.9 Å². The number of aromatic nitrogens is 1. The van der Waals surface area contributed by atoms with Crippen LogP contribution in [0.15, 0.2) is 77.9 Å². The molecule has 1 amide bonds. The second-order valence-electron chi connectivity index (χ2n) is 7.30. The van der Waals surface area contributed by atoms with Crippen LogP contribution in [-0.4, -0.2) is 23.5 Å². The van der Waals surface area contributed by atoms with Crippen molar-refractivity contribution in [3.05, 3.63) is 89.7 Å². The summed E-state index contributed by atoms with van der Waals surface area (Å²) in [6.07, 6.45) is 1.72. The summed E-state index contributed by atoms with van der Waals surface area (Å²) in [5.41, 5.74) is 3.42. The molecule has 2 aromatic carbocycles. The second kappa shape index (κ2) is 10.9. The molecule has 3 rings (SSSR count). The number of nitrogens with one attached hydrogen (secondary N) is 2. The van der Waals surface area contributed by atoms with Gasteiger partial charge in [0, 0.05) is 17.4 Å².